The zero-order valence-corrected chi connectivity index (χ0v) is 20.0. The van der Waals surface area contributed by atoms with E-state index in [2.05, 4.69) is 21.7 Å². The van der Waals surface area contributed by atoms with Gasteiger partial charge in [-0.3, -0.25) is 19.0 Å². The highest BCUT2D eigenvalue weighted by Gasteiger charge is 2.18. The SMILES string of the molecule is O=C(Cn1c(=O)c(CCC(=O)NC2CCCCC2)nc2ccccc21)Nc1ccc2c(c1)CCC2. The van der Waals surface area contributed by atoms with Crippen LogP contribution in [0.15, 0.2) is 47.3 Å². The molecule has 1 fully saturated rings. The van der Waals surface area contributed by atoms with Gasteiger partial charge in [-0.1, -0.05) is 37.5 Å². The Balaban J connectivity index is 1.31. The molecule has 2 N–H and O–H groups in total. The number of para-hydroxylation sites is 2. The molecule has 0 saturated heterocycles. The van der Waals surface area contributed by atoms with Crippen LogP contribution in [-0.2, 0) is 35.4 Å². The second kappa shape index (κ2) is 10.4. The third kappa shape index (κ3) is 5.45. The van der Waals surface area contributed by atoms with E-state index in [1.807, 2.05) is 30.3 Å². The summed E-state index contributed by atoms with van der Waals surface area (Å²) >= 11 is 0. The molecule has 7 heteroatoms. The number of carbonyl (C=O) groups excluding carboxylic acids is 2. The molecule has 2 aliphatic carbocycles. The summed E-state index contributed by atoms with van der Waals surface area (Å²) in [5, 5.41) is 6.04. The first-order valence-corrected chi connectivity index (χ1v) is 12.8. The van der Waals surface area contributed by atoms with Gasteiger partial charge >= 0.3 is 0 Å². The number of anilines is 1. The number of hydrogen-bond donors (Lipinski definition) is 2. The maximum atomic E-state index is 13.3. The number of carbonyl (C=O) groups is 2. The fraction of sp³-hybridized carbons (Fsp3) is 0.429. The monoisotopic (exact) mass is 472 g/mol. The topological polar surface area (TPSA) is 93.1 Å². The average Bonchev–Trinajstić information content (AvgIpc) is 3.33. The van der Waals surface area contributed by atoms with E-state index in [1.165, 1.54) is 22.1 Å². The van der Waals surface area contributed by atoms with E-state index in [-0.39, 0.29) is 42.8 Å². The normalized spacial score (nSPS) is 15.7. The van der Waals surface area contributed by atoms with Gasteiger partial charge in [0.15, 0.2) is 0 Å². The van der Waals surface area contributed by atoms with E-state index in [0.29, 0.717) is 16.7 Å². The van der Waals surface area contributed by atoms with Crippen molar-refractivity contribution in [2.45, 2.75) is 76.8 Å². The van der Waals surface area contributed by atoms with Crippen LogP contribution in [0.2, 0.25) is 0 Å². The Bertz CT molecular complexity index is 1310. The van der Waals surface area contributed by atoms with Crippen molar-refractivity contribution in [2.75, 3.05) is 5.32 Å². The van der Waals surface area contributed by atoms with Crippen molar-refractivity contribution < 1.29 is 9.59 Å². The third-order valence-electron chi connectivity index (χ3n) is 7.16. The summed E-state index contributed by atoms with van der Waals surface area (Å²) in [5.41, 5.74) is 4.62. The molecule has 1 saturated carbocycles. The highest BCUT2D eigenvalue weighted by Crippen LogP contribution is 2.25. The fourth-order valence-corrected chi connectivity index (χ4v) is 5.34. The summed E-state index contributed by atoms with van der Waals surface area (Å²) in [4.78, 5) is 43.3. The lowest BCUT2D eigenvalue weighted by Crippen LogP contribution is -2.37. The number of nitrogens with one attached hydrogen (secondary N) is 2. The van der Waals surface area contributed by atoms with Crippen LogP contribution in [0.25, 0.3) is 11.0 Å². The van der Waals surface area contributed by atoms with Gasteiger partial charge in [-0.15, -0.1) is 0 Å². The van der Waals surface area contributed by atoms with Crippen molar-refractivity contribution in [2.24, 2.45) is 0 Å². The summed E-state index contributed by atoms with van der Waals surface area (Å²) in [5.74, 6) is -0.311. The van der Waals surface area contributed by atoms with Gasteiger partial charge in [-0.25, -0.2) is 4.98 Å². The molecule has 0 bridgehead atoms. The molecule has 7 nitrogen and oxygen atoms in total. The number of nitrogens with zero attached hydrogens (tertiary/aromatic N) is 2. The first kappa shape index (κ1) is 23.3. The van der Waals surface area contributed by atoms with Crippen LogP contribution in [0.3, 0.4) is 0 Å². The minimum Gasteiger partial charge on any atom is -0.353 e. The van der Waals surface area contributed by atoms with Gasteiger partial charge in [0.25, 0.3) is 5.56 Å². The first-order valence-electron chi connectivity index (χ1n) is 12.8. The number of rotatable bonds is 7. The number of aromatic nitrogens is 2. The molecule has 0 aliphatic heterocycles. The van der Waals surface area contributed by atoms with Crippen LogP contribution in [-0.4, -0.2) is 27.4 Å². The maximum Gasteiger partial charge on any atom is 0.273 e. The van der Waals surface area contributed by atoms with Gasteiger partial charge < -0.3 is 10.6 Å². The maximum absolute atomic E-state index is 13.3. The molecule has 0 atom stereocenters. The minimum atomic E-state index is -0.321. The van der Waals surface area contributed by atoms with E-state index in [9.17, 15) is 14.4 Å². The fourth-order valence-electron chi connectivity index (χ4n) is 5.34. The van der Waals surface area contributed by atoms with Gasteiger partial charge in [0.2, 0.25) is 11.8 Å². The average molecular weight is 473 g/mol. The molecule has 1 heterocycles. The second-order valence-corrected chi connectivity index (χ2v) is 9.73. The Morgan fingerprint density at radius 2 is 1.74 bits per heavy atom. The molecule has 2 aromatic carbocycles. The Labute approximate surface area is 205 Å². The van der Waals surface area contributed by atoms with Gasteiger partial charge in [0, 0.05) is 24.6 Å². The molecule has 0 radical (unpaired) electrons. The highest BCUT2D eigenvalue weighted by atomic mass is 16.2. The molecule has 2 amide bonds. The van der Waals surface area contributed by atoms with Crippen LogP contribution in [0, 0.1) is 0 Å². The number of hydrogen-bond acceptors (Lipinski definition) is 4. The molecule has 0 spiro atoms. The van der Waals surface area contributed by atoms with Crippen molar-refractivity contribution in [1.29, 1.82) is 0 Å². The van der Waals surface area contributed by atoms with E-state index in [0.717, 1.165) is 50.6 Å². The van der Waals surface area contributed by atoms with Gasteiger partial charge in [-0.2, -0.15) is 0 Å². The van der Waals surface area contributed by atoms with E-state index in [4.69, 9.17) is 0 Å². The number of amides is 2. The van der Waals surface area contributed by atoms with Crippen LogP contribution in [0.1, 0.15) is 61.8 Å². The smallest absolute Gasteiger partial charge is 0.273 e. The minimum absolute atomic E-state index is 0.0489. The summed E-state index contributed by atoms with van der Waals surface area (Å²) in [7, 11) is 0. The number of aryl methyl sites for hydroxylation is 3. The number of benzene rings is 2. The molecule has 2 aliphatic rings. The Kier molecular flexibility index (Phi) is 6.93. The lowest BCUT2D eigenvalue weighted by molar-refractivity contribution is -0.122. The zero-order valence-electron chi connectivity index (χ0n) is 20.0. The standard InChI is InChI=1S/C28H32N4O3/c33-26(29-21-9-2-1-3-10-21)16-15-24-28(35)32(25-12-5-4-11-23(25)31-24)18-27(34)30-22-14-13-19-7-6-8-20(19)17-22/h4-5,11-14,17,21H,1-3,6-10,15-16,18H2,(H,29,33)(H,30,34). The lowest BCUT2D eigenvalue weighted by Gasteiger charge is -2.22. The molecule has 3 aromatic rings. The summed E-state index contributed by atoms with van der Waals surface area (Å²) in [6.45, 7) is -0.111. The Morgan fingerprint density at radius 3 is 2.60 bits per heavy atom. The largest absolute Gasteiger partial charge is 0.353 e. The molecular formula is C28H32N4O3. The van der Waals surface area contributed by atoms with Crippen molar-refractivity contribution >= 4 is 28.5 Å². The molecule has 1 aromatic heterocycles. The van der Waals surface area contributed by atoms with Crippen molar-refractivity contribution in [3.63, 3.8) is 0 Å². The summed E-state index contributed by atoms with van der Waals surface area (Å²) < 4.78 is 1.47. The van der Waals surface area contributed by atoms with Crippen LogP contribution >= 0.6 is 0 Å². The summed E-state index contributed by atoms with van der Waals surface area (Å²) in [6, 6.07) is 13.6. The molecule has 5 rings (SSSR count). The summed E-state index contributed by atoms with van der Waals surface area (Å²) in [6.07, 6.45) is 9.28. The van der Waals surface area contributed by atoms with E-state index >= 15 is 0 Å². The van der Waals surface area contributed by atoms with Crippen LogP contribution in [0.4, 0.5) is 5.69 Å². The van der Waals surface area contributed by atoms with Crippen LogP contribution in [0.5, 0.6) is 0 Å². The molecule has 182 valence electrons. The predicted molar refractivity (Wildman–Crippen MR) is 136 cm³/mol. The Morgan fingerprint density at radius 1 is 0.943 bits per heavy atom. The van der Waals surface area contributed by atoms with E-state index < -0.39 is 0 Å². The van der Waals surface area contributed by atoms with Crippen LogP contribution < -0.4 is 16.2 Å². The molecule has 0 unspecified atom stereocenters. The third-order valence-corrected chi connectivity index (χ3v) is 7.16. The van der Waals surface area contributed by atoms with Crippen molar-refractivity contribution in [1.82, 2.24) is 14.9 Å². The van der Waals surface area contributed by atoms with Gasteiger partial charge in [0.05, 0.1) is 11.0 Å². The first-order chi connectivity index (χ1) is 17.1. The lowest BCUT2D eigenvalue weighted by atomic mass is 9.95. The highest BCUT2D eigenvalue weighted by molar-refractivity contribution is 5.91. The molecule has 35 heavy (non-hydrogen) atoms. The zero-order chi connectivity index (χ0) is 24.2. The van der Waals surface area contributed by atoms with Gasteiger partial charge in [0.1, 0.15) is 12.2 Å². The van der Waals surface area contributed by atoms with Crippen molar-refractivity contribution in [3.8, 4) is 0 Å². The number of fused-ring (bicyclic) bond motifs is 2. The Hall–Kier alpha value is -3.48. The molecular weight excluding hydrogens is 440 g/mol. The van der Waals surface area contributed by atoms with Gasteiger partial charge in [-0.05, 0) is 67.5 Å². The predicted octanol–water partition coefficient (Wildman–Crippen LogP) is 3.91. The second-order valence-electron chi connectivity index (χ2n) is 9.73. The van der Waals surface area contributed by atoms with E-state index in [1.54, 1.807) is 6.07 Å². The quantitative estimate of drug-likeness (QED) is 0.545. The van der Waals surface area contributed by atoms with Crippen molar-refractivity contribution in [3.05, 3.63) is 69.6 Å².